The molecule has 0 saturated heterocycles. The number of nitrogens with zero attached hydrogens (tertiary/aromatic N) is 2. The van der Waals surface area contributed by atoms with E-state index in [1.165, 1.54) is 12.1 Å². The minimum atomic E-state index is -4.59. The lowest BCUT2D eigenvalue weighted by Gasteiger charge is -2.24. The number of hydrogen-bond donors (Lipinski definition) is 3. The molecule has 0 spiro atoms. The van der Waals surface area contributed by atoms with E-state index in [4.69, 9.17) is 16.0 Å². The summed E-state index contributed by atoms with van der Waals surface area (Å²) in [6.07, 6.45) is -4.10. The quantitative estimate of drug-likeness (QED) is 0.325. The first-order chi connectivity index (χ1) is 9.85. The molecule has 8 heteroatoms. The number of aliphatic hydroxyl groups excluding tert-OH is 1. The third-order valence-electron chi connectivity index (χ3n) is 3.03. The highest BCUT2D eigenvalue weighted by atomic mass is 19.4. The van der Waals surface area contributed by atoms with Crippen LogP contribution in [0.3, 0.4) is 0 Å². The maximum atomic E-state index is 12.9. The van der Waals surface area contributed by atoms with E-state index in [0.29, 0.717) is 25.2 Å². The van der Waals surface area contributed by atoms with Gasteiger partial charge in [-0.1, -0.05) is 5.16 Å². The van der Waals surface area contributed by atoms with Crippen molar-refractivity contribution < 1.29 is 23.5 Å². The van der Waals surface area contributed by atoms with Crippen molar-refractivity contribution in [3.63, 3.8) is 0 Å². The molecule has 0 aliphatic heterocycles. The Balaban J connectivity index is 3.27. The van der Waals surface area contributed by atoms with E-state index in [1.54, 1.807) is 4.90 Å². The predicted octanol–water partition coefficient (Wildman–Crippen LogP) is 2.01. The molecule has 0 atom stereocenters. The van der Waals surface area contributed by atoms with Crippen LogP contribution >= 0.6 is 0 Å². The Kier molecular flexibility index (Phi) is 5.83. The molecule has 118 valence electrons. The van der Waals surface area contributed by atoms with Gasteiger partial charge in [0.05, 0.1) is 5.56 Å². The van der Waals surface area contributed by atoms with Crippen LogP contribution in [0.1, 0.15) is 24.5 Å². The van der Waals surface area contributed by atoms with Gasteiger partial charge in [-0.25, -0.2) is 0 Å². The van der Waals surface area contributed by atoms with Gasteiger partial charge in [-0.2, -0.15) is 13.2 Å². The van der Waals surface area contributed by atoms with E-state index >= 15 is 0 Å². The normalized spacial score (nSPS) is 12.5. The molecule has 0 bridgehead atoms. The summed E-state index contributed by atoms with van der Waals surface area (Å²) in [5, 5.41) is 20.2. The highest BCUT2D eigenvalue weighted by molar-refractivity contribution is 5.99. The monoisotopic (exact) mass is 305 g/mol. The molecule has 4 N–H and O–H groups in total. The van der Waals surface area contributed by atoms with E-state index in [1.807, 2.05) is 6.92 Å². The molecule has 1 aromatic carbocycles. The topological polar surface area (TPSA) is 82.1 Å². The Labute approximate surface area is 120 Å². The summed E-state index contributed by atoms with van der Waals surface area (Å²) < 4.78 is 38.8. The third-order valence-corrected chi connectivity index (χ3v) is 3.03. The van der Waals surface area contributed by atoms with E-state index < -0.39 is 17.6 Å². The molecule has 0 aromatic heterocycles. The van der Waals surface area contributed by atoms with Gasteiger partial charge in [0.1, 0.15) is 0 Å². The molecule has 0 amide bonds. The molecule has 0 aliphatic rings. The van der Waals surface area contributed by atoms with Crippen molar-refractivity contribution >= 4 is 11.5 Å². The summed E-state index contributed by atoms with van der Waals surface area (Å²) in [6, 6.07) is 3.47. The first-order valence-corrected chi connectivity index (χ1v) is 6.40. The summed E-state index contributed by atoms with van der Waals surface area (Å²) >= 11 is 0. The lowest BCUT2D eigenvalue weighted by atomic mass is 10.0. The smallest absolute Gasteiger partial charge is 0.409 e. The molecule has 5 nitrogen and oxygen atoms in total. The first-order valence-electron chi connectivity index (χ1n) is 6.40. The SMILES string of the molecule is CCN(CCCO)c1ccc(C(F)(F)F)c(/C(N)=N/O)c1. The van der Waals surface area contributed by atoms with E-state index in [2.05, 4.69) is 5.16 Å². The number of aliphatic hydroxyl groups is 1. The largest absolute Gasteiger partial charge is 0.417 e. The average Bonchev–Trinajstić information content (AvgIpc) is 2.46. The Bertz CT molecular complexity index is 504. The lowest BCUT2D eigenvalue weighted by molar-refractivity contribution is -0.137. The highest BCUT2D eigenvalue weighted by Gasteiger charge is 2.34. The van der Waals surface area contributed by atoms with E-state index in [0.717, 1.165) is 6.07 Å². The van der Waals surface area contributed by atoms with Crippen LogP contribution < -0.4 is 10.6 Å². The molecular weight excluding hydrogens is 287 g/mol. The van der Waals surface area contributed by atoms with Gasteiger partial charge in [0.2, 0.25) is 0 Å². The second-order valence-corrected chi connectivity index (χ2v) is 4.37. The summed E-state index contributed by atoms with van der Waals surface area (Å²) in [6.45, 7) is 2.89. The van der Waals surface area contributed by atoms with E-state index in [-0.39, 0.29) is 12.2 Å². The molecule has 21 heavy (non-hydrogen) atoms. The highest BCUT2D eigenvalue weighted by Crippen LogP contribution is 2.34. The summed E-state index contributed by atoms with van der Waals surface area (Å²) in [5.74, 6) is -0.595. The molecule has 0 radical (unpaired) electrons. The fourth-order valence-electron chi connectivity index (χ4n) is 1.97. The second-order valence-electron chi connectivity index (χ2n) is 4.37. The summed E-state index contributed by atoms with van der Waals surface area (Å²) in [4.78, 5) is 1.80. The Morgan fingerprint density at radius 3 is 2.52 bits per heavy atom. The summed E-state index contributed by atoms with van der Waals surface area (Å²) in [5.41, 5.74) is 4.53. The van der Waals surface area contributed by atoms with Crippen LogP contribution in [-0.2, 0) is 6.18 Å². The van der Waals surface area contributed by atoms with Gasteiger partial charge in [0.15, 0.2) is 5.84 Å². The van der Waals surface area contributed by atoms with Crippen molar-refractivity contribution in [2.45, 2.75) is 19.5 Å². The molecular formula is C13H18F3N3O2. The number of nitrogens with two attached hydrogens (primary N) is 1. The maximum absolute atomic E-state index is 12.9. The van der Waals surface area contributed by atoms with Crippen molar-refractivity contribution in [3.8, 4) is 0 Å². The zero-order chi connectivity index (χ0) is 16.0. The van der Waals surface area contributed by atoms with Crippen LogP contribution in [0.15, 0.2) is 23.4 Å². The second kappa shape index (κ2) is 7.16. The number of rotatable bonds is 6. The molecule has 0 heterocycles. The molecule has 1 rings (SSSR count). The van der Waals surface area contributed by atoms with Gasteiger partial charge in [-0.15, -0.1) is 0 Å². The van der Waals surface area contributed by atoms with Crippen molar-refractivity contribution in [2.75, 3.05) is 24.6 Å². The minimum absolute atomic E-state index is 0.00969. The number of anilines is 1. The van der Waals surface area contributed by atoms with Crippen LogP contribution in [0.5, 0.6) is 0 Å². The maximum Gasteiger partial charge on any atom is 0.417 e. The van der Waals surface area contributed by atoms with Crippen LogP contribution in [0, 0.1) is 0 Å². The van der Waals surface area contributed by atoms with Crippen LogP contribution in [0.2, 0.25) is 0 Å². The molecule has 0 unspecified atom stereocenters. The van der Waals surface area contributed by atoms with Gasteiger partial charge in [0, 0.05) is 30.9 Å². The number of benzene rings is 1. The van der Waals surface area contributed by atoms with Crippen LogP contribution in [0.25, 0.3) is 0 Å². The molecule has 0 saturated carbocycles. The number of halogens is 3. The Morgan fingerprint density at radius 1 is 1.38 bits per heavy atom. The average molecular weight is 305 g/mol. The Hall–Kier alpha value is -1.96. The molecule has 0 fully saturated rings. The van der Waals surface area contributed by atoms with Gasteiger partial charge in [0.25, 0.3) is 0 Å². The number of alkyl halides is 3. The number of hydrogen-bond acceptors (Lipinski definition) is 4. The lowest BCUT2D eigenvalue weighted by Crippen LogP contribution is -2.26. The zero-order valence-electron chi connectivity index (χ0n) is 11.6. The van der Waals surface area contributed by atoms with Crippen molar-refractivity contribution in [2.24, 2.45) is 10.9 Å². The number of amidine groups is 1. The standard InChI is InChI=1S/C13H18F3N3O2/c1-2-19(6-3-7-20)9-4-5-11(13(14,15)16)10(8-9)12(17)18-21/h4-5,8,20-21H,2-3,6-7H2,1H3,(H2,17,18). The zero-order valence-corrected chi connectivity index (χ0v) is 11.6. The predicted molar refractivity (Wildman–Crippen MR) is 73.5 cm³/mol. The fourth-order valence-corrected chi connectivity index (χ4v) is 1.97. The minimum Gasteiger partial charge on any atom is -0.409 e. The van der Waals surface area contributed by atoms with Crippen LogP contribution in [0.4, 0.5) is 18.9 Å². The van der Waals surface area contributed by atoms with E-state index in [9.17, 15) is 13.2 Å². The van der Waals surface area contributed by atoms with Crippen LogP contribution in [-0.4, -0.2) is 35.8 Å². The molecule has 0 aliphatic carbocycles. The van der Waals surface area contributed by atoms with Gasteiger partial charge >= 0.3 is 6.18 Å². The van der Waals surface area contributed by atoms with Gasteiger partial charge in [-0.05, 0) is 31.5 Å². The van der Waals surface area contributed by atoms with Crippen molar-refractivity contribution in [1.82, 2.24) is 0 Å². The van der Waals surface area contributed by atoms with Gasteiger partial charge < -0.3 is 20.9 Å². The van der Waals surface area contributed by atoms with Crippen molar-refractivity contribution in [3.05, 3.63) is 29.3 Å². The molecule has 1 aromatic rings. The van der Waals surface area contributed by atoms with Gasteiger partial charge in [-0.3, -0.25) is 0 Å². The van der Waals surface area contributed by atoms with Crippen molar-refractivity contribution in [1.29, 1.82) is 0 Å². The third kappa shape index (κ3) is 4.25. The fraction of sp³-hybridized carbons (Fsp3) is 0.462. The Morgan fingerprint density at radius 2 is 2.05 bits per heavy atom. The summed E-state index contributed by atoms with van der Waals surface area (Å²) in [7, 11) is 0. The number of oxime groups is 1. The first kappa shape index (κ1) is 17.1.